The van der Waals surface area contributed by atoms with Gasteiger partial charge in [-0.25, -0.2) is 0 Å². The van der Waals surface area contributed by atoms with Crippen LogP contribution >= 0.6 is 0 Å². The van der Waals surface area contributed by atoms with E-state index in [0.717, 1.165) is 29.5 Å². The van der Waals surface area contributed by atoms with Crippen molar-refractivity contribution in [2.24, 2.45) is 5.73 Å². The van der Waals surface area contributed by atoms with Crippen LogP contribution in [0.1, 0.15) is 37.0 Å². The van der Waals surface area contributed by atoms with Gasteiger partial charge >= 0.3 is 18.0 Å². The average molecular weight is 533 g/mol. The Morgan fingerprint density at radius 1 is 0.825 bits per heavy atom. The Kier molecular flexibility index (Phi) is 9.25. The van der Waals surface area contributed by atoms with Crippen molar-refractivity contribution >= 4 is 5.91 Å². The molecule has 0 aliphatic heterocycles. The molecule has 2 N–H and O–H groups in total. The van der Waals surface area contributed by atoms with Gasteiger partial charge in [0.05, 0.1) is 0 Å². The van der Waals surface area contributed by atoms with Gasteiger partial charge in [0.2, 0.25) is 5.91 Å². The number of benzene rings is 3. The van der Waals surface area contributed by atoms with Crippen molar-refractivity contribution in [3.05, 3.63) is 108 Å². The van der Waals surface area contributed by atoms with E-state index in [0.29, 0.717) is 22.8 Å². The van der Waals surface area contributed by atoms with Gasteiger partial charge in [0.25, 0.3) is 0 Å². The Labute approximate surface area is 233 Å². The topological polar surface area (TPSA) is 109 Å². The lowest BCUT2D eigenvalue weighted by molar-refractivity contribution is 0.1000. The molecule has 0 saturated heterocycles. The zero-order chi connectivity index (χ0) is 28.3. The van der Waals surface area contributed by atoms with Gasteiger partial charge in [-0.3, -0.25) is 4.79 Å². The maximum Gasteiger partial charge on any atom is 0.331 e. The molecule has 8 heteroatoms. The highest BCUT2D eigenvalue weighted by Crippen LogP contribution is 2.27. The normalized spacial score (nSPS) is 11.4. The van der Waals surface area contributed by atoms with Crippen LogP contribution < -0.4 is 19.9 Å². The molecule has 0 fully saturated rings. The minimum atomic E-state index is -0.542. The molecule has 200 valence electrons. The van der Waals surface area contributed by atoms with Crippen LogP contribution in [0.15, 0.2) is 102 Å². The predicted octanol–water partition coefficient (Wildman–Crippen LogP) is 6.86. The largest absolute Gasteiger partial charge is 0.429 e. The molecule has 0 saturated carbocycles. The maximum absolute atomic E-state index is 11.4. The molecule has 3 aromatic carbocycles. The Bertz CT molecular complexity index is 1560. The van der Waals surface area contributed by atoms with Crippen LogP contribution in [0, 0.1) is 12.3 Å². The van der Waals surface area contributed by atoms with Gasteiger partial charge in [-0.15, -0.1) is 21.4 Å². The highest BCUT2D eigenvalue weighted by atomic mass is 16.5. The number of carbonyl (C=O) groups excluding carboxylic acids is 1. The summed E-state index contributed by atoms with van der Waals surface area (Å²) in [4.78, 5) is 24.2. The quantitative estimate of drug-likeness (QED) is 0.128. The predicted molar refractivity (Wildman–Crippen MR) is 153 cm³/mol. The van der Waals surface area contributed by atoms with E-state index in [1.165, 1.54) is 0 Å². The van der Waals surface area contributed by atoms with Crippen LogP contribution in [0.2, 0.25) is 0 Å². The number of allylic oxidation sites excluding steroid dienone is 4. The number of terminal acetylenes is 1. The van der Waals surface area contributed by atoms with Crippen molar-refractivity contribution < 1.29 is 19.0 Å². The summed E-state index contributed by atoms with van der Waals surface area (Å²) in [5.74, 6) is 3.53. The molecule has 1 aromatic heterocycles. The minimum Gasteiger partial charge on any atom is -0.429 e. The van der Waals surface area contributed by atoms with Crippen molar-refractivity contribution in [1.82, 2.24) is 15.0 Å². The zero-order valence-corrected chi connectivity index (χ0v) is 22.2. The molecule has 0 aliphatic carbocycles. The van der Waals surface area contributed by atoms with Gasteiger partial charge in [-0.05, 0) is 73.0 Å². The van der Waals surface area contributed by atoms with Gasteiger partial charge in [0, 0.05) is 11.1 Å². The van der Waals surface area contributed by atoms with Crippen molar-refractivity contribution in [3.8, 4) is 53.0 Å². The first kappa shape index (κ1) is 27.6. The van der Waals surface area contributed by atoms with Crippen molar-refractivity contribution in [3.63, 3.8) is 0 Å². The molecule has 0 aliphatic rings. The Hall–Kier alpha value is -5.42. The standard InChI is InChI=1S/C32H28N4O4/c1-4-9-23(5-2)13-12-22(3)38-30-34-31(36-32(35-30)40-28-20-16-26(17-21-28)29(33)37)39-27-18-14-25(15-19-27)24-10-7-6-8-11-24/h2,6-8,10-21H,4,9H2,1,3H3,(H2,33,37)/b22-12+,23-13+. The second-order valence-corrected chi connectivity index (χ2v) is 8.63. The van der Waals surface area contributed by atoms with E-state index in [4.69, 9.17) is 26.4 Å². The fourth-order valence-corrected chi connectivity index (χ4v) is 3.57. The third kappa shape index (κ3) is 7.79. The number of ether oxygens (including phenoxy) is 3. The second kappa shape index (κ2) is 13.4. The smallest absolute Gasteiger partial charge is 0.331 e. The Balaban J connectivity index is 1.60. The molecule has 4 rings (SSSR count). The third-order valence-corrected chi connectivity index (χ3v) is 5.57. The van der Waals surface area contributed by atoms with E-state index in [1.807, 2.05) is 60.7 Å². The summed E-state index contributed by atoms with van der Waals surface area (Å²) >= 11 is 0. The van der Waals surface area contributed by atoms with E-state index in [2.05, 4.69) is 27.8 Å². The summed E-state index contributed by atoms with van der Waals surface area (Å²) in [5, 5.41) is 0. The first-order chi connectivity index (χ1) is 19.4. The number of hydrogen-bond donors (Lipinski definition) is 1. The van der Waals surface area contributed by atoms with E-state index in [1.54, 1.807) is 37.3 Å². The van der Waals surface area contributed by atoms with Crippen LogP contribution in [-0.2, 0) is 0 Å². The highest BCUT2D eigenvalue weighted by molar-refractivity contribution is 5.92. The number of nitrogens with zero attached hydrogens (tertiary/aromatic N) is 3. The van der Waals surface area contributed by atoms with E-state index in [-0.39, 0.29) is 18.0 Å². The Morgan fingerprint density at radius 2 is 1.38 bits per heavy atom. The number of hydrogen-bond acceptors (Lipinski definition) is 7. The molecule has 40 heavy (non-hydrogen) atoms. The molecule has 0 bridgehead atoms. The van der Waals surface area contributed by atoms with Gasteiger partial charge in [0.1, 0.15) is 17.3 Å². The summed E-state index contributed by atoms with van der Waals surface area (Å²) < 4.78 is 17.6. The molecular weight excluding hydrogens is 504 g/mol. The number of carbonyl (C=O) groups is 1. The first-order valence-electron chi connectivity index (χ1n) is 12.6. The maximum atomic E-state index is 11.4. The summed E-state index contributed by atoms with van der Waals surface area (Å²) in [6.45, 7) is 3.81. The van der Waals surface area contributed by atoms with Crippen LogP contribution in [-0.4, -0.2) is 20.9 Å². The number of aromatic nitrogens is 3. The van der Waals surface area contributed by atoms with Gasteiger partial charge in [-0.1, -0.05) is 61.7 Å². The summed E-state index contributed by atoms with van der Waals surface area (Å²) in [6.07, 6.45) is 10.9. The zero-order valence-electron chi connectivity index (χ0n) is 22.2. The summed E-state index contributed by atoms with van der Waals surface area (Å²) in [6, 6.07) is 23.7. The van der Waals surface area contributed by atoms with Crippen LogP contribution in [0.5, 0.6) is 29.5 Å². The van der Waals surface area contributed by atoms with E-state index in [9.17, 15) is 4.79 Å². The van der Waals surface area contributed by atoms with Crippen molar-refractivity contribution in [1.29, 1.82) is 0 Å². The van der Waals surface area contributed by atoms with Crippen LogP contribution in [0.3, 0.4) is 0 Å². The van der Waals surface area contributed by atoms with Gasteiger partial charge in [0.15, 0.2) is 0 Å². The number of nitrogens with two attached hydrogens (primary N) is 1. The Morgan fingerprint density at radius 3 is 1.93 bits per heavy atom. The lowest BCUT2D eigenvalue weighted by Crippen LogP contribution is -2.10. The molecular formula is C32H28N4O4. The molecule has 0 atom stereocenters. The van der Waals surface area contributed by atoms with Gasteiger partial charge < -0.3 is 19.9 Å². The molecule has 1 heterocycles. The monoisotopic (exact) mass is 532 g/mol. The molecule has 4 aromatic rings. The average Bonchev–Trinajstić information content (AvgIpc) is 2.96. The summed E-state index contributed by atoms with van der Waals surface area (Å²) in [7, 11) is 0. The number of rotatable bonds is 11. The summed E-state index contributed by atoms with van der Waals surface area (Å²) in [5.41, 5.74) is 8.65. The van der Waals surface area contributed by atoms with Crippen LogP contribution in [0.25, 0.3) is 11.1 Å². The highest BCUT2D eigenvalue weighted by Gasteiger charge is 2.13. The second-order valence-electron chi connectivity index (χ2n) is 8.63. The van der Waals surface area contributed by atoms with Crippen molar-refractivity contribution in [2.45, 2.75) is 26.7 Å². The van der Waals surface area contributed by atoms with Crippen molar-refractivity contribution in [2.75, 3.05) is 0 Å². The fourth-order valence-electron chi connectivity index (χ4n) is 3.57. The lowest BCUT2D eigenvalue weighted by Gasteiger charge is -2.10. The molecule has 1 amide bonds. The molecule has 8 nitrogen and oxygen atoms in total. The first-order valence-corrected chi connectivity index (χ1v) is 12.6. The molecule has 0 spiro atoms. The van der Waals surface area contributed by atoms with Gasteiger partial charge in [-0.2, -0.15) is 0 Å². The molecule has 0 radical (unpaired) electrons. The SMILES string of the molecule is C#C/C(=C\C=C(/C)Oc1nc(Oc2ccc(C(N)=O)cc2)nc(Oc2ccc(-c3ccccc3)cc2)n1)CCC. The lowest BCUT2D eigenvalue weighted by atomic mass is 10.1. The number of amides is 1. The molecule has 0 unspecified atom stereocenters. The van der Waals surface area contributed by atoms with E-state index >= 15 is 0 Å². The minimum absolute atomic E-state index is 0.0279. The number of primary amides is 1. The fraction of sp³-hybridized carbons (Fsp3) is 0.125. The van der Waals surface area contributed by atoms with Crippen LogP contribution in [0.4, 0.5) is 0 Å². The van der Waals surface area contributed by atoms with E-state index < -0.39 is 5.91 Å². The third-order valence-electron chi connectivity index (χ3n) is 5.57.